The number of nitriles is 1. The molecule has 0 saturated carbocycles. The Bertz CT molecular complexity index is 804. The lowest BCUT2D eigenvalue weighted by Gasteiger charge is -2.32. The zero-order chi connectivity index (χ0) is 18.4. The predicted octanol–water partition coefficient (Wildman–Crippen LogP) is 2.24. The van der Waals surface area contributed by atoms with Gasteiger partial charge in [-0.2, -0.15) is 5.26 Å². The number of nitrogens with zero attached hydrogens (tertiary/aromatic N) is 3. The van der Waals surface area contributed by atoms with Crippen LogP contribution in [0.4, 0.5) is 0 Å². The number of carbonyl (C=O) groups excluding carboxylic acids is 2. The van der Waals surface area contributed by atoms with Gasteiger partial charge in [0.2, 0.25) is 0 Å². The summed E-state index contributed by atoms with van der Waals surface area (Å²) in [5.74, 6) is 0.260. The van der Waals surface area contributed by atoms with Gasteiger partial charge in [-0.25, -0.2) is 0 Å². The molecule has 0 atom stereocenters. The third kappa shape index (κ3) is 4.25. The zero-order valence-corrected chi connectivity index (χ0v) is 14.4. The first-order valence-electron chi connectivity index (χ1n) is 8.65. The molecule has 0 radical (unpaired) electrons. The zero-order valence-electron chi connectivity index (χ0n) is 14.4. The van der Waals surface area contributed by atoms with E-state index in [1.54, 1.807) is 48.8 Å². The molecule has 0 aliphatic carbocycles. The summed E-state index contributed by atoms with van der Waals surface area (Å²) in [4.78, 5) is 30.4. The molecule has 0 bridgehead atoms. The SMILES string of the molecule is N#Cc1ccc(C(=O)NCC2CCN(C(=O)c3ccncc3)CC2)cc1. The standard InChI is InChI=1S/C20H20N4O2/c21-13-15-1-3-17(4-2-15)19(25)23-14-16-7-11-24(12-8-16)20(26)18-5-9-22-10-6-18/h1-6,9-10,16H,7-8,11-12,14H2,(H,23,25). The summed E-state index contributed by atoms with van der Waals surface area (Å²) < 4.78 is 0. The third-order valence-corrected chi connectivity index (χ3v) is 4.66. The van der Waals surface area contributed by atoms with E-state index in [1.165, 1.54) is 0 Å². The third-order valence-electron chi connectivity index (χ3n) is 4.66. The van der Waals surface area contributed by atoms with E-state index in [0.29, 0.717) is 42.2 Å². The molecule has 1 aromatic heterocycles. The lowest BCUT2D eigenvalue weighted by molar-refractivity contribution is 0.0684. The van der Waals surface area contributed by atoms with Crippen molar-refractivity contribution in [1.82, 2.24) is 15.2 Å². The Morgan fingerprint density at radius 1 is 1.08 bits per heavy atom. The van der Waals surface area contributed by atoms with Crippen LogP contribution >= 0.6 is 0 Å². The monoisotopic (exact) mass is 348 g/mol. The van der Waals surface area contributed by atoms with Crippen LogP contribution in [0.25, 0.3) is 0 Å². The number of carbonyl (C=O) groups is 2. The van der Waals surface area contributed by atoms with Gasteiger partial charge in [0.15, 0.2) is 0 Å². The number of pyridine rings is 1. The average molecular weight is 348 g/mol. The first-order chi connectivity index (χ1) is 12.7. The molecule has 1 fully saturated rings. The van der Waals surface area contributed by atoms with E-state index in [9.17, 15) is 9.59 Å². The number of piperidine rings is 1. The molecular weight excluding hydrogens is 328 g/mol. The number of nitrogens with one attached hydrogen (secondary N) is 1. The van der Waals surface area contributed by atoms with Crippen molar-refractivity contribution in [3.05, 3.63) is 65.5 Å². The van der Waals surface area contributed by atoms with Crippen LogP contribution in [0.3, 0.4) is 0 Å². The summed E-state index contributed by atoms with van der Waals surface area (Å²) >= 11 is 0. The minimum absolute atomic E-state index is 0.0347. The number of aromatic nitrogens is 1. The molecule has 6 nitrogen and oxygen atoms in total. The molecule has 0 spiro atoms. The maximum Gasteiger partial charge on any atom is 0.253 e. The van der Waals surface area contributed by atoms with E-state index in [1.807, 2.05) is 11.0 Å². The number of rotatable bonds is 4. The van der Waals surface area contributed by atoms with Gasteiger partial charge in [0.1, 0.15) is 0 Å². The number of likely N-dealkylation sites (tertiary alicyclic amines) is 1. The van der Waals surface area contributed by atoms with E-state index < -0.39 is 0 Å². The number of benzene rings is 1. The van der Waals surface area contributed by atoms with Crippen LogP contribution in [0.15, 0.2) is 48.8 Å². The summed E-state index contributed by atoms with van der Waals surface area (Å²) in [5.41, 5.74) is 1.75. The highest BCUT2D eigenvalue weighted by molar-refractivity contribution is 5.94. The van der Waals surface area contributed by atoms with Crippen LogP contribution in [0.2, 0.25) is 0 Å². The van der Waals surface area contributed by atoms with Gasteiger partial charge >= 0.3 is 0 Å². The van der Waals surface area contributed by atoms with E-state index in [-0.39, 0.29) is 11.8 Å². The van der Waals surface area contributed by atoms with Crippen LogP contribution in [0.5, 0.6) is 0 Å². The fourth-order valence-corrected chi connectivity index (χ4v) is 3.05. The van der Waals surface area contributed by atoms with Gasteiger partial charge < -0.3 is 10.2 Å². The molecule has 3 rings (SSSR count). The summed E-state index contributed by atoms with van der Waals surface area (Å²) in [6.45, 7) is 1.98. The first-order valence-corrected chi connectivity index (χ1v) is 8.65. The van der Waals surface area contributed by atoms with Crippen LogP contribution in [0, 0.1) is 17.2 Å². The molecule has 2 aromatic rings. The van der Waals surface area contributed by atoms with Crippen molar-refractivity contribution >= 4 is 11.8 Å². The van der Waals surface area contributed by atoms with Crippen LogP contribution in [-0.2, 0) is 0 Å². The van der Waals surface area contributed by atoms with Crippen molar-refractivity contribution in [2.45, 2.75) is 12.8 Å². The molecule has 2 heterocycles. The van der Waals surface area contributed by atoms with Crippen LogP contribution in [0.1, 0.15) is 39.1 Å². The molecular formula is C20H20N4O2. The highest BCUT2D eigenvalue weighted by Gasteiger charge is 2.24. The summed E-state index contributed by atoms with van der Waals surface area (Å²) in [5, 5.41) is 11.7. The lowest BCUT2D eigenvalue weighted by atomic mass is 9.96. The largest absolute Gasteiger partial charge is 0.352 e. The Balaban J connectivity index is 1.46. The molecule has 0 unspecified atom stereocenters. The summed E-state index contributed by atoms with van der Waals surface area (Å²) in [7, 11) is 0. The van der Waals surface area contributed by atoms with Crippen molar-refractivity contribution in [1.29, 1.82) is 5.26 Å². The molecule has 2 amide bonds. The van der Waals surface area contributed by atoms with E-state index >= 15 is 0 Å². The lowest BCUT2D eigenvalue weighted by Crippen LogP contribution is -2.41. The summed E-state index contributed by atoms with van der Waals surface area (Å²) in [6, 6.07) is 12.1. The minimum atomic E-state index is -0.134. The van der Waals surface area contributed by atoms with Gasteiger partial charge in [0.25, 0.3) is 11.8 Å². The number of amides is 2. The van der Waals surface area contributed by atoms with Crippen molar-refractivity contribution in [2.75, 3.05) is 19.6 Å². The molecule has 6 heteroatoms. The molecule has 1 aliphatic heterocycles. The van der Waals surface area contributed by atoms with E-state index in [2.05, 4.69) is 10.3 Å². The minimum Gasteiger partial charge on any atom is -0.352 e. The van der Waals surface area contributed by atoms with Crippen molar-refractivity contribution < 1.29 is 9.59 Å². The number of hydrogen-bond acceptors (Lipinski definition) is 4. The van der Waals surface area contributed by atoms with Crippen LogP contribution < -0.4 is 5.32 Å². The Morgan fingerprint density at radius 2 is 1.73 bits per heavy atom. The van der Waals surface area contributed by atoms with E-state index in [4.69, 9.17) is 5.26 Å². The van der Waals surface area contributed by atoms with Crippen LogP contribution in [-0.4, -0.2) is 41.3 Å². The first kappa shape index (κ1) is 17.6. The smallest absolute Gasteiger partial charge is 0.253 e. The second kappa shape index (κ2) is 8.26. The Hall–Kier alpha value is -3.20. The molecule has 1 N–H and O–H groups in total. The van der Waals surface area contributed by atoms with Crippen molar-refractivity contribution in [3.63, 3.8) is 0 Å². The van der Waals surface area contributed by atoms with Crippen molar-refractivity contribution in [2.24, 2.45) is 5.92 Å². The molecule has 1 aliphatic rings. The van der Waals surface area contributed by atoms with E-state index in [0.717, 1.165) is 12.8 Å². The Morgan fingerprint density at radius 3 is 2.35 bits per heavy atom. The molecule has 26 heavy (non-hydrogen) atoms. The maximum absolute atomic E-state index is 12.4. The maximum atomic E-state index is 12.4. The second-order valence-electron chi connectivity index (χ2n) is 6.37. The van der Waals surface area contributed by atoms with Gasteiger partial charge in [-0.05, 0) is 55.2 Å². The van der Waals surface area contributed by atoms with Gasteiger partial charge in [0, 0.05) is 43.2 Å². The highest BCUT2D eigenvalue weighted by Crippen LogP contribution is 2.18. The van der Waals surface area contributed by atoms with Crippen molar-refractivity contribution in [3.8, 4) is 6.07 Å². The van der Waals surface area contributed by atoms with Gasteiger partial charge in [0.05, 0.1) is 11.6 Å². The fraction of sp³-hybridized carbons (Fsp3) is 0.300. The van der Waals surface area contributed by atoms with Gasteiger partial charge in [-0.1, -0.05) is 0 Å². The fourth-order valence-electron chi connectivity index (χ4n) is 3.05. The van der Waals surface area contributed by atoms with Gasteiger partial charge in [-0.3, -0.25) is 14.6 Å². The highest BCUT2D eigenvalue weighted by atomic mass is 16.2. The van der Waals surface area contributed by atoms with Gasteiger partial charge in [-0.15, -0.1) is 0 Å². The summed E-state index contributed by atoms with van der Waals surface area (Å²) in [6.07, 6.45) is 4.98. The second-order valence-corrected chi connectivity index (χ2v) is 6.37. The predicted molar refractivity (Wildman–Crippen MR) is 96.4 cm³/mol. The average Bonchev–Trinajstić information content (AvgIpc) is 2.72. The molecule has 1 saturated heterocycles. The Kier molecular flexibility index (Phi) is 5.59. The molecule has 1 aromatic carbocycles. The Labute approximate surface area is 152 Å². The normalized spacial score (nSPS) is 14.5. The topological polar surface area (TPSA) is 86.1 Å². The quantitative estimate of drug-likeness (QED) is 0.918. The molecule has 132 valence electrons. The number of hydrogen-bond donors (Lipinski definition) is 1.